The molecule has 1 amide bonds. The van der Waals surface area contributed by atoms with Crippen molar-refractivity contribution in [3.63, 3.8) is 0 Å². The van der Waals surface area contributed by atoms with Gasteiger partial charge >= 0.3 is 0 Å². The Labute approximate surface area is 144 Å². The normalized spacial score (nSPS) is 12.2. The van der Waals surface area contributed by atoms with Crippen LogP contribution in [-0.2, 0) is 0 Å². The molecule has 0 saturated heterocycles. The summed E-state index contributed by atoms with van der Waals surface area (Å²) in [6.45, 7) is 6.03. The van der Waals surface area contributed by atoms with Gasteiger partial charge in [0.2, 0.25) is 0 Å². The van der Waals surface area contributed by atoms with Crippen LogP contribution >= 0.6 is 11.3 Å². The number of thiazole rings is 1. The Hall–Kier alpha value is -2.54. The molecule has 1 atom stereocenters. The first kappa shape index (κ1) is 16.3. The van der Waals surface area contributed by atoms with Crippen molar-refractivity contribution in [2.75, 3.05) is 7.05 Å². The molecule has 0 radical (unpaired) electrons. The summed E-state index contributed by atoms with van der Waals surface area (Å²) in [7, 11) is 1.81. The number of carbonyl (C=O) groups is 1. The lowest BCUT2D eigenvalue weighted by Gasteiger charge is -2.24. The molecule has 124 valence electrons. The molecule has 0 aliphatic rings. The zero-order valence-electron chi connectivity index (χ0n) is 14.1. The third-order valence-corrected chi connectivity index (χ3v) is 4.97. The quantitative estimate of drug-likeness (QED) is 0.731. The van der Waals surface area contributed by atoms with Crippen LogP contribution in [0.5, 0.6) is 0 Å². The fourth-order valence-corrected chi connectivity index (χ4v) is 3.51. The van der Waals surface area contributed by atoms with Gasteiger partial charge in [0.1, 0.15) is 12.7 Å². The summed E-state index contributed by atoms with van der Waals surface area (Å²) in [4.78, 5) is 20.2. The lowest BCUT2D eigenvalue weighted by molar-refractivity contribution is 0.0740. The standard InChI is InChI=1S/C17H19N5OS/c1-11(16-12(2)24-13(3)20-16)21(4)17(23)14-5-7-15(8-6-14)22-9-18-19-10-22/h5-11H,1-4H3/t11-/m1/s1. The second-order valence-corrected chi connectivity index (χ2v) is 7.09. The molecule has 24 heavy (non-hydrogen) atoms. The average Bonchev–Trinajstić information content (AvgIpc) is 3.22. The minimum atomic E-state index is -0.0695. The second kappa shape index (κ2) is 6.52. The van der Waals surface area contributed by atoms with E-state index < -0.39 is 0 Å². The van der Waals surface area contributed by atoms with E-state index in [2.05, 4.69) is 15.2 Å². The van der Waals surface area contributed by atoms with Gasteiger partial charge in [0, 0.05) is 23.2 Å². The molecular weight excluding hydrogens is 322 g/mol. The molecule has 3 rings (SSSR count). The van der Waals surface area contributed by atoms with Crippen molar-refractivity contribution in [2.24, 2.45) is 0 Å². The minimum Gasteiger partial charge on any atom is -0.333 e. The second-order valence-electron chi connectivity index (χ2n) is 5.68. The number of aryl methyl sites for hydroxylation is 2. The van der Waals surface area contributed by atoms with Gasteiger partial charge in [-0.1, -0.05) is 0 Å². The third-order valence-electron chi connectivity index (χ3n) is 4.07. The van der Waals surface area contributed by atoms with Gasteiger partial charge in [-0.15, -0.1) is 21.5 Å². The highest BCUT2D eigenvalue weighted by molar-refractivity contribution is 7.11. The van der Waals surface area contributed by atoms with Crippen LogP contribution in [0, 0.1) is 13.8 Å². The lowest BCUT2D eigenvalue weighted by Crippen LogP contribution is -2.30. The maximum atomic E-state index is 12.7. The topological polar surface area (TPSA) is 63.9 Å². The fraction of sp³-hybridized carbons (Fsp3) is 0.294. The summed E-state index contributed by atoms with van der Waals surface area (Å²) in [5, 5.41) is 8.59. The van der Waals surface area contributed by atoms with E-state index >= 15 is 0 Å². The lowest BCUT2D eigenvalue weighted by atomic mass is 10.1. The summed E-state index contributed by atoms with van der Waals surface area (Å²) < 4.78 is 1.79. The summed E-state index contributed by atoms with van der Waals surface area (Å²) >= 11 is 1.66. The number of benzene rings is 1. The van der Waals surface area contributed by atoms with E-state index in [1.807, 2.05) is 52.1 Å². The largest absolute Gasteiger partial charge is 0.333 e. The van der Waals surface area contributed by atoms with Gasteiger partial charge in [0.25, 0.3) is 5.91 Å². The Kier molecular flexibility index (Phi) is 4.44. The maximum absolute atomic E-state index is 12.7. The molecule has 7 heteroatoms. The molecule has 0 aliphatic heterocycles. The zero-order chi connectivity index (χ0) is 17.3. The smallest absolute Gasteiger partial charge is 0.254 e. The van der Waals surface area contributed by atoms with E-state index in [1.165, 1.54) is 0 Å². The van der Waals surface area contributed by atoms with Crippen molar-refractivity contribution in [3.8, 4) is 5.69 Å². The predicted octanol–water partition coefficient (Wildman–Crippen LogP) is 3.17. The van der Waals surface area contributed by atoms with E-state index in [-0.39, 0.29) is 11.9 Å². The summed E-state index contributed by atoms with van der Waals surface area (Å²) in [6.07, 6.45) is 3.25. The number of aromatic nitrogens is 4. The summed E-state index contributed by atoms with van der Waals surface area (Å²) in [5.41, 5.74) is 2.53. The number of nitrogens with zero attached hydrogens (tertiary/aromatic N) is 5. The highest BCUT2D eigenvalue weighted by Gasteiger charge is 2.22. The van der Waals surface area contributed by atoms with E-state index in [9.17, 15) is 4.79 Å². The van der Waals surface area contributed by atoms with E-state index in [1.54, 1.807) is 33.5 Å². The Morgan fingerprint density at radius 3 is 2.33 bits per heavy atom. The van der Waals surface area contributed by atoms with Crippen LogP contribution < -0.4 is 0 Å². The SMILES string of the molecule is Cc1nc([C@@H](C)N(C)C(=O)c2ccc(-n3cnnc3)cc2)c(C)s1. The fourth-order valence-electron chi connectivity index (χ4n) is 2.61. The Morgan fingerprint density at radius 1 is 1.17 bits per heavy atom. The van der Waals surface area contributed by atoms with Crippen LogP contribution in [0.3, 0.4) is 0 Å². The van der Waals surface area contributed by atoms with E-state index in [0.717, 1.165) is 21.3 Å². The van der Waals surface area contributed by atoms with Crippen LogP contribution in [0.25, 0.3) is 5.69 Å². The first-order chi connectivity index (χ1) is 11.5. The first-order valence-electron chi connectivity index (χ1n) is 7.63. The molecule has 0 spiro atoms. The number of amides is 1. The molecule has 0 saturated carbocycles. The Morgan fingerprint density at radius 2 is 1.79 bits per heavy atom. The summed E-state index contributed by atoms with van der Waals surface area (Å²) in [6, 6.07) is 7.33. The third kappa shape index (κ3) is 3.07. The van der Waals surface area contributed by atoms with Crippen LogP contribution in [0.1, 0.15) is 38.9 Å². The van der Waals surface area contributed by atoms with Gasteiger partial charge in [0.15, 0.2) is 0 Å². The maximum Gasteiger partial charge on any atom is 0.254 e. The molecule has 0 aliphatic carbocycles. The predicted molar refractivity (Wildman–Crippen MR) is 93.5 cm³/mol. The highest BCUT2D eigenvalue weighted by atomic mass is 32.1. The van der Waals surface area contributed by atoms with Crippen molar-refractivity contribution in [2.45, 2.75) is 26.8 Å². The van der Waals surface area contributed by atoms with Gasteiger partial charge in [-0.2, -0.15) is 0 Å². The molecule has 0 fully saturated rings. The van der Waals surface area contributed by atoms with Gasteiger partial charge in [-0.05, 0) is 45.0 Å². The van der Waals surface area contributed by atoms with Gasteiger partial charge in [-0.3, -0.25) is 9.36 Å². The molecule has 2 aromatic heterocycles. The van der Waals surface area contributed by atoms with Gasteiger partial charge in [-0.25, -0.2) is 4.98 Å². The molecular formula is C17H19N5OS. The van der Waals surface area contributed by atoms with Crippen LogP contribution in [0.2, 0.25) is 0 Å². The zero-order valence-corrected chi connectivity index (χ0v) is 14.9. The monoisotopic (exact) mass is 341 g/mol. The molecule has 0 unspecified atom stereocenters. The molecule has 3 aromatic rings. The molecule has 0 N–H and O–H groups in total. The van der Waals surface area contributed by atoms with E-state index in [4.69, 9.17) is 0 Å². The van der Waals surface area contributed by atoms with Gasteiger partial charge in [0.05, 0.1) is 16.7 Å². The van der Waals surface area contributed by atoms with E-state index in [0.29, 0.717) is 5.56 Å². The summed E-state index contributed by atoms with van der Waals surface area (Å²) in [5.74, 6) is -0.0251. The van der Waals surface area contributed by atoms with Crippen molar-refractivity contribution < 1.29 is 4.79 Å². The van der Waals surface area contributed by atoms with Gasteiger partial charge < -0.3 is 4.90 Å². The Balaban J connectivity index is 1.79. The van der Waals surface area contributed by atoms with Crippen molar-refractivity contribution >= 4 is 17.2 Å². The molecule has 2 heterocycles. The Bertz CT molecular complexity index is 839. The van der Waals surface area contributed by atoms with Crippen molar-refractivity contribution in [1.29, 1.82) is 0 Å². The molecule has 6 nitrogen and oxygen atoms in total. The molecule has 0 bridgehead atoms. The van der Waals surface area contributed by atoms with Crippen LogP contribution in [0.15, 0.2) is 36.9 Å². The first-order valence-corrected chi connectivity index (χ1v) is 8.45. The van der Waals surface area contributed by atoms with Crippen LogP contribution in [-0.4, -0.2) is 37.6 Å². The number of carbonyl (C=O) groups excluding carboxylic acids is 1. The highest BCUT2D eigenvalue weighted by Crippen LogP contribution is 2.27. The van der Waals surface area contributed by atoms with Crippen LogP contribution in [0.4, 0.5) is 0 Å². The van der Waals surface area contributed by atoms with Crippen molar-refractivity contribution in [3.05, 3.63) is 58.1 Å². The minimum absolute atomic E-state index is 0.0251. The number of hydrogen-bond acceptors (Lipinski definition) is 5. The molecule has 1 aromatic carbocycles. The average molecular weight is 341 g/mol. The van der Waals surface area contributed by atoms with Crippen molar-refractivity contribution in [1.82, 2.24) is 24.6 Å². The number of rotatable bonds is 4. The number of hydrogen-bond donors (Lipinski definition) is 0.